The second-order valence-corrected chi connectivity index (χ2v) is 5.26. The smallest absolute Gasteiger partial charge is 0.195 e. The first kappa shape index (κ1) is 14.8. The third-order valence-electron chi connectivity index (χ3n) is 3.65. The quantitative estimate of drug-likeness (QED) is 0.716. The summed E-state index contributed by atoms with van der Waals surface area (Å²) in [6.45, 7) is 1.93. The summed E-state index contributed by atoms with van der Waals surface area (Å²) in [6, 6.07) is 18.5. The van der Waals surface area contributed by atoms with Gasteiger partial charge >= 0.3 is 0 Å². The monoisotopic (exact) mass is 303 g/mol. The molecule has 4 nitrogen and oxygen atoms in total. The standard InChI is InChI=1S/C19H17N3O/c1-13-7-2-3-8-14(13)18(23)15-9-4-5-11-17(15)22-19-16(20)10-6-12-21-19/h2-12H,20H2,1H3,(H,21,22). The lowest BCUT2D eigenvalue weighted by molar-refractivity contribution is 0.103. The normalized spacial score (nSPS) is 10.3. The number of hydrogen-bond acceptors (Lipinski definition) is 4. The van der Waals surface area contributed by atoms with Crippen molar-refractivity contribution < 1.29 is 4.79 Å². The number of benzene rings is 2. The molecule has 0 aliphatic heterocycles. The Morgan fingerprint density at radius 3 is 2.39 bits per heavy atom. The summed E-state index contributed by atoms with van der Waals surface area (Å²) >= 11 is 0. The van der Waals surface area contributed by atoms with Crippen LogP contribution in [0.1, 0.15) is 21.5 Å². The van der Waals surface area contributed by atoms with Gasteiger partial charge in [0.25, 0.3) is 0 Å². The summed E-state index contributed by atoms with van der Waals surface area (Å²) in [4.78, 5) is 17.1. The molecular weight excluding hydrogens is 286 g/mol. The van der Waals surface area contributed by atoms with Crippen molar-refractivity contribution in [1.82, 2.24) is 4.98 Å². The van der Waals surface area contributed by atoms with Crippen LogP contribution >= 0.6 is 0 Å². The van der Waals surface area contributed by atoms with Gasteiger partial charge in [-0.05, 0) is 36.8 Å². The van der Waals surface area contributed by atoms with Crippen LogP contribution in [0.3, 0.4) is 0 Å². The van der Waals surface area contributed by atoms with Gasteiger partial charge in [-0.2, -0.15) is 0 Å². The Bertz CT molecular complexity index is 858. The minimum atomic E-state index is -0.0271. The summed E-state index contributed by atoms with van der Waals surface area (Å²) in [6.07, 6.45) is 1.66. The first-order valence-corrected chi connectivity index (χ1v) is 7.33. The van der Waals surface area contributed by atoms with Crippen molar-refractivity contribution in [3.05, 3.63) is 83.6 Å². The fourth-order valence-corrected chi connectivity index (χ4v) is 2.41. The second kappa shape index (κ2) is 6.32. The molecule has 0 spiro atoms. The Kier molecular flexibility index (Phi) is 4.06. The molecule has 0 radical (unpaired) electrons. The van der Waals surface area contributed by atoms with Crippen molar-refractivity contribution in [3.63, 3.8) is 0 Å². The lowest BCUT2D eigenvalue weighted by atomic mass is 9.98. The second-order valence-electron chi connectivity index (χ2n) is 5.26. The van der Waals surface area contributed by atoms with Gasteiger partial charge in [-0.25, -0.2) is 4.98 Å². The number of para-hydroxylation sites is 1. The van der Waals surface area contributed by atoms with Crippen LogP contribution in [0.5, 0.6) is 0 Å². The topological polar surface area (TPSA) is 68.0 Å². The molecular formula is C19H17N3O. The van der Waals surface area contributed by atoms with E-state index in [9.17, 15) is 4.79 Å². The highest BCUT2D eigenvalue weighted by Crippen LogP contribution is 2.25. The molecule has 0 unspecified atom stereocenters. The number of nitrogens with one attached hydrogen (secondary N) is 1. The number of nitrogen functional groups attached to an aromatic ring is 1. The zero-order valence-corrected chi connectivity index (χ0v) is 12.8. The third-order valence-corrected chi connectivity index (χ3v) is 3.65. The highest BCUT2D eigenvalue weighted by Gasteiger charge is 2.15. The van der Waals surface area contributed by atoms with Crippen LogP contribution in [-0.2, 0) is 0 Å². The van der Waals surface area contributed by atoms with E-state index in [1.165, 1.54) is 0 Å². The van der Waals surface area contributed by atoms with Gasteiger partial charge < -0.3 is 11.1 Å². The van der Waals surface area contributed by atoms with Gasteiger partial charge in [-0.1, -0.05) is 36.4 Å². The average molecular weight is 303 g/mol. The minimum absolute atomic E-state index is 0.0271. The van der Waals surface area contributed by atoms with Gasteiger partial charge in [0.05, 0.1) is 11.4 Å². The Balaban J connectivity index is 2.00. The first-order chi connectivity index (χ1) is 11.2. The maximum Gasteiger partial charge on any atom is 0.195 e. The van der Waals surface area contributed by atoms with E-state index in [4.69, 9.17) is 5.73 Å². The summed E-state index contributed by atoms with van der Waals surface area (Å²) in [7, 11) is 0. The Morgan fingerprint density at radius 1 is 0.957 bits per heavy atom. The van der Waals surface area contributed by atoms with Crippen LogP contribution in [0.25, 0.3) is 0 Å². The molecule has 2 aromatic carbocycles. The number of rotatable bonds is 4. The molecule has 1 aromatic heterocycles. The molecule has 4 heteroatoms. The molecule has 0 amide bonds. The lowest BCUT2D eigenvalue weighted by Crippen LogP contribution is -2.08. The predicted octanol–water partition coefficient (Wildman–Crippen LogP) is 3.95. The summed E-state index contributed by atoms with van der Waals surface area (Å²) in [5.41, 5.74) is 9.37. The fraction of sp³-hybridized carbons (Fsp3) is 0.0526. The van der Waals surface area contributed by atoms with E-state index in [0.717, 1.165) is 5.56 Å². The van der Waals surface area contributed by atoms with Crippen LogP contribution in [0.2, 0.25) is 0 Å². The number of carbonyl (C=O) groups excluding carboxylic acids is 1. The van der Waals surface area contributed by atoms with Gasteiger partial charge in [0, 0.05) is 17.3 Å². The van der Waals surface area contributed by atoms with E-state index >= 15 is 0 Å². The van der Waals surface area contributed by atoms with Crippen molar-refractivity contribution in [2.24, 2.45) is 0 Å². The zero-order valence-electron chi connectivity index (χ0n) is 12.8. The Labute approximate surface area is 135 Å². The van der Waals surface area contributed by atoms with Crippen molar-refractivity contribution in [1.29, 1.82) is 0 Å². The van der Waals surface area contributed by atoms with Crippen molar-refractivity contribution in [2.75, 3.05) is 11.1 Å². The number of nitrogens with two attached hydrogens (primary N) is 1. The van der Waals surface area contributed by atoms with Gasteiger partial charge in [-0.15, -0.1) is 0 Å². The molecule has 114 valence electrons. The maximum absolute atomic E-state index is 12.9. The van der Waals surface area contributed by atoms with Crippen molar-refractivity contribution in [2.45, 2.75) is 6.92 Å². The highest BCUT2D eigenvalue weighted by molar-refractivity contribution is 6.13. The molecule has 0 bridgehead atoms. The molecule has 3 N–H and O–H groups in total. The molecule has 0 aliphatic carbocycles. The van der Waals surface area contributed by atoms with Gasteiger partial charge in [0.2, 0.25) is 0 Å². The SMILES string of the molecule is Cc1ccccc1C(=O)c1ccccc1Nc1ncccc1N. The molecule has 0 atom stereocenters. The molecule has 0 saturated heterocycles. The number of hydrogen-bond donors (Lipinski definition) is 2. The summed E-state index contributed by atoms with van der Waals surface area (Å²) in [5.74, 6) is 0.512. The Hall–Kier alpha value is -3.14. The van der Waals surface area contributed by atoms with Crippen LogP contribution < -0.4 is 11.1 Å². The number of anilines is 3. The largest absolute Gasteiger partial charge is 0.396 e. The first-order valence-electron chi connectivity index (χ1n) is 7.33. The van der Waals surface area contributed by atoms with E-state index in [0.29, 0.717) is 28.3 Å². The highest BCUT2D eigenvalue weighted by atomic mass is 16.1. The molecule has 3 aromatic rings. The molecule has 0 aliphatic rings. The molecule has 1 heterocycles. The fourth-order valence-electron chi connectivity index (χ4n) is 2.41. The predicted molar refractivity (Wildman–Crippen MR) is 93.0 cm³/mol. The number of pyridine rings is 1. The third kappa shape index (κ3) is 3.06. The molecule has 0 fully saturated rings. The van der Waals surface area contributed by atoms with Gasteiger partial charge in [0.1, 0.15) is 0 Å². The van der Waals surface area contributed by atoms with Crippen molar-refractivity contribution in [3.8, 4) is 0 Å². The lowest BCUT2D eigenvalue weighted by Gasteiger charge is -2.13. The Morgan fingerprint density at radius 2 is 1.65 bits per heavy atom. The van der Waals surface area contributed by atoms with Crippen LogP contribution in [0.4, 0.5) is 17.2 Å². The number of ketones is 1. The van der Waals surface area contributed by atoms with Crippen LogP contribution in [0.15, 0.2) is 66.9 Å². The zero-order chi connectivity index (χ0) is 16.2. The van der Waals surface area contributed by atoms with E-state index in [1.807, 2.05) is 49.4 Å². The number of carbonyl (C=O) groups is 1. The van der Waals surface area contributed by atoms with E-state index in [1.54, 1.807) is 24.4 Å². The average Bonchev–Trinajstić information content (AvgIpc) is 2.57. The van der Waals surface area contributed by atoms with E-state index in [2.05, 4.69) is 10.3 Å². The molecule has 0 saturated carbocycles. The summed E-state index contributed by atoms with van der Waals surface area (Å²) < 4.78 is 0. The van der Waals surface area contributed by atoms with Crippen molar-refractivity contribution >= 4 is 23.0 Å². The minimum Gasteiger partial charge on any atom is -0.396 e. The van der Waals surface area contributed by atoms with E-state index < -0.39 is 0 Å². The maximum atomic E-state index is 12.9. The number of aromatic nitrogens is 1. The van der Waals surface area contributed by atoms with Crippen LogP contribution in [-0.4, -0.2) is 10.8 Å². The van der Waals surface area contributed by atoms with Crippen LogP contribution in [0, 0.1) is 6.92 Å². The van der Waals surface area contributed by atoms with E-state index in [-0.39, 0.29) is 5.78 Å². The molecule has 23 heavy (non-hydrogen) atoms. The van der Waals surface area contributed by atoms with Gasteiger partial charge in [0.15, 0.2) is 11.6 Å². The van der Waals surface area contributed by atoms with Gasteiger partial charge in [-0.3, -0.25) is 4.79 Å². The molecule has 3 rings (SSSR count). The number of aryl methyl sites for hydroxylation is 1. The number of nitrogens with zero attached hydrogens (tertiary/aromatic N) is 1. The summed E-state index contributed by atoms with van der Waals surface area (Å²) in [5, 5.41) is 3.15.